The molecule has 0 radical (unpaired) electrons. The Morgan fingerprint density at radius 2 is 1.84 bits per heavy atom. The second kappa shape index (κ2) is 5.91. The van der Waals surface area contributed by atoms with E-state index in [4.69, 9.17) is 5.73 Å². The Morgan fingerprint density at radius 3 is 2.37 bits per heavy atom. The predicted molar refractivity (Wildman–Crippen MR) is 78.3 cm³/mol. The van der Waals surface area contributed by atoms with E-state index in [2.05, 4.69) is 18.7 Å². The van der Waals surface area contributed by atoms with Gasteiger partial charge in [0.05, 0.1) is 0 Å². The number of rotatable bonds is 4. The lowest BCUT2D eigenvalue weighted by molar-refractivity contribution is 0.0903. The van der Waals surface area contributed by atoms with Crippen LogP contribution in [0.15, 0.2) is 18.2 Å². The van der Waals surface area contributed by atoms with E-state index in [1.807, 2.05) is 0 Å². The zero-order valence-corrected chi connectivity index (χ0v) is 12.1. The summed E-state index contributed by atoms with van der Waals surface area (Å²) in [5, 5.41) is 0. The van der Waals surface area contributed by atoms with Crippen molar-refractivity contribution in [2.75, 3.05) is 18.8 Å². The van der Waals surface area contributed by atoms with Crippen molar-refractivity contribution in [3.05, 3.63) is 29.6 Å². The largest absolute Gasteiger partial charge is 0.398 e. The molecule has 1 saturated heterocycles. The van der Waals surface area contributed by atoms with Crippen LogP contribution in [0.25, 0.3) is 0 Å². The Bertz CT molecular complexity index is 397. The number of benzene rings is 1. The molecule has 3 heteroatoms. The molecule has 1 aliphatic heterocycles. The second-order valence-electron chi connectivity index (χ2n) is 5.79. The van der Waals surface area contributed by atoms with E-state index in [0.29, 0.717) is 23.2 Å². The van der Waals surface area contributed by atoms with Gasteiger partial charge in [-0.3, -0.25) is 4.90 Å². The number of anilines is 1. The lowest BCUT2D eigenvalue weighted by atomic mass is 9.74. The average molecular weight is 264 g/mol. The number of halogens is 1. The van der Waals surface area contributed by atoms with Crippen molar-refractivity contribution in [3.8, 4) is 0 Å². The lowest BCUT2D eigenvalue weighted by Gasteiger charge is -2.41. The van der Waals surface area contributed by atoms with Crippen molar-refractivity contribution in [2.24, 2.45) is 5.41 Å². The Labute approximate surface area is 115 Å². The first-order valence-corrected chi connectivity index (χ1v) is 7.35. The summed E-state index contributed by atoms with van der Waals surface area (Å²) in [7, 11) is 0. The molecule has 19 heavy (non-hydrogen) atoms. The zero-order valence-electron chi connectivity index (χ0n) is 12.1. The maximum Gasteiger partial charge on any atom is 0.129 e. The van der Waals surface area contributed by atoms with Crippen LogP contribution in [0, 0.1) is 11.2 Å². The molecular formula is C16H25FN2. The summed E-state index contributed by atoms with van der Waals surface area (Å²) in [5.74, 6) is -0.178. The van der Waals surface area contributed by atoms with Crippen LogP contribution >= 0.6 is 0 Å². The van der Waals surface area contributed by atoms with E-state index in [1.165, 1.54) is 31.7 Å². The number of nitrogens with two attached hydrogens (primary N) is 1. The summed E-state index contributed by atoms with van der Waals surface area (Å²) < 4.78 is 13.8. The van der Waals surface area contributed by atoms with E-state index in [-0.39, 0.29) is 5.82 Å². The van der Waals surface area contributed by atoms with E-state index >= 15 is 0 Å². The Hall–Kier alpha value is -1.09. The maximum absolute atomic E-state index is 13.8. The first-order valence-electron chi connectivity index (χ1n) is 7.35. The molecule has 0 atom stereocenters. The van der Waals surface area contributed by atoms with Crippen LogP contribution < -0.4 is 5.73 Å². The van der Waals surface area contributed by atoms with E-state index in [9.17, 15) is 4.39 Å². The molecule has 1 fully saturated rings. The smallest absolute Gasteiger partial charge is 0.129 e. The summed E-state index contributed by atoms with van der Waals surface area (Å²) >= 11 is 0. The number of nitrogen functional groups attached to an aromatic ring is 1. The monoisotopic (exact) mass is 264 g/mol. The third kappa shape index (κ3) is 3.08. The molecule has 0 saturated carbocycles. The second-order valence-corrected chi connectivity index (χ2v) is 5.79. The summed E-state index contributed by atoms with van der Waals surface area (Å²) in [4.78, 5) is 2.33. The fourth-order valence-electron chi connectivity index (χ4n) is 3.11. The van der Waals surface area contributed by atoms with Crippen molar-refractivity contribution in [2.45, 2.75) is 46.1 Å². The normalized spacial score (nSPS) is 19.5. The molecule has 0 bridgehead atoms. The third-order valence-corrected chi connectivity index (χ3v) is 4.95. The van der Waals surface area contributed by atoms with Gasteiger partial charge in [-0.1, -0.05) is 32.8 Å². The Morgan fingerprint density at radius 1 is 1.21 bits per heavy atom. The number of hydrogen-bond acceptors (Lipinski definition) is 2. The standard InChI is InChI=1S/C16H25FN2/c1-3-16(4-2)8-10-19(11-9-16)12-13-14(17)6-5-7-15(13)18/h5-7H,3-4,8-12,18H2,1-2H3. The average Bonchev–Trinajstić information content (AvgIpc) is 2.44. The highest BCUT2D eigenvalue weighted by Gasteiger charge is 2.31. The fourth-order valence-corrected chi connectivity index (χ4v) is 3.11. The number of piperidine rings is 1. The first-order chi connectivity index (χ1) is 9.10. The van der Waals surface area contributed by atoms with Crippen LogP contribution in [0.5, 0.6) is 0 Å². The van der Waals surface area contributed by atoms with Crippen LogP contribution in [0.2, 0.25) is 0 Å². The molecule has 106 valence electrons. The summed E-state index contributed by atoms with van der Waals surface area (Å²) in [6.07, 6.45) is 4.93. The molecule has 2 nitrogen and oxygen atoms in total. The van der Waals surface area contributed by atoms with Gasteiger partial charge in [-0.05, 0) is 43.5 Å². The van der Waals surface area contributed by atoms with Gasteiger partial charge in [0.2, 0.25) is 0 Å². The van der Waals surface area contributed by atoms with Gasteiger partial charge in [0, 0.05) is 17.8 Å². The molecule has 1 aromatic rings. The predicted octanol–water partition coefficient (Wildman–Crippen LogP) is 3.81. The number of nitrogens with zero attached hydrogens (tertiary/aromatic N) is 1. The van der Waals surface area contributed by atoms with Gasteiger partial charge in [0.25, 0.3) is 0 Å². The highest BCUT2D eigenvalue weighted by atomic mass is 19.1. The van der Waals surface area contributed by atoms with Crippen molar-refractivity contribution in [1.82, 2.24) is 4.90 Å². The molecule has 0 aromatic heterocycles. The quantitative estimate of drug-likeness (QED) is 0.838. The highest BCUT2D eigenvalue weighted by Crippen LogP contribution is 2.38. The summed E-state index contributed by atoms with van der Waals surface area (Å²) in [6, 6.07) is 4.95. The fraction of sp³-hybridized carbons (Fsp3) is 0.625. The van der Waals surface area contributed by atoms with Crippen LogP contribution in [-0.2, 0) is 6.54 Å². The molecule has 2 N–H and O–H groups in total. The van der Waals surface area contributed by atoms with Gasteiger partial charge in [-0.15, -0.1) is 0 Å². The highest BCUT2D eigenvalue weighted by molar-refractivity contribution is 5.47. The van der Waals surface area contributed by atoms with Crippen LogP contribution in [0.3, 0.4) is 0 Å². The molecule has 0 amide bonds. The van der Waals surface area contributed by atoms with Crippen LogP contribution in [0.1, 0.15) is 45.1 Å². The Kier molecular flexibility index (Phi) is 4.46. The van der Waals surface area contributed by atoms with Crippen molar-refractivity contribution in [1.29, 1.82) is 0 Å². The van der Waals surface area contributed by atoms with Gasteiger partial charge >= 0.3 is 0 Å². The van der Waals surface area contributed by atoms with Gasteiger partial charge in [0.15, 0.2) is 0 Å². The molecular weight excluding hydrogens is 239 g/mol. The molecule has 0 unspecified atom stereocenters. The van der Waals surface area contributed by atoms with Crippen molar-refractivity contribution < 1.29 is 4.39 Å². The molecule has 1 aromatic carbocycles. The van der Waals surface area contributed by atoms with Gasteiger partial charge < -0.3 is 5.73 Å². The summed E-state index contributed by atoms with van der Waals surface area (Å²) in [5.41, 5.74) is 7.62. The minimum atomic E-state index is -0.178. The molecule has 2 rings (SSSR count). The van der Waals surface area contributed by atoms with E-state index < -0.39 is 0 Å². The first kappa shape index (κ1) is 14.3. The van der Waals surface area contributed by atoms with Gasteiger partial charge in [-0.2, -0.15) is 0 Å². The van der Waals surface area contributed by atoms with Crippen molar-refractivity contribution in [3.63, 3.8) is 0 Å². The Balaban J connectivity index is 2.00. The number of hydrogen-bond donors (Lipinski definition) is 1. The van der Waals surface area contributed by atoms with E-state index in [1.54, 1.807) is 12.1 Å². The molecule has 1 heterocycles. The topological polar surface area (TPSA) is 29.3 Å². The van der Waals surface area contributed by atoms with Crippen LogP contribution in [-0.4, -0.2) is 18.0 Å². The zero-order chi connectivity index (χ0) is 13.9. The number of likely N-dealkylation sites (tertiary alicyclic amines) is 1. The molecule has 0 spiro atoms. The lowest BCUT2D eigenvalue weighted by Crippen LogP contribution is -2.39. The minimum absolute atomic E-state index is 0.178. The SMILES string of the molecule is CCC1(CC)CCN(Cc2c(N)cccc2F)CC1. The molecule has 0 aliphatic carbocycles. The van der Waals surface area contributed by atoms with Gasteiger partial charge in [-0.25, -0.2) is 4.39 Å². The van der Waals surface area contributed by atoms with Crippen molar-refractivity contribution >= 4 is 5.69 Å². The van der Waals surface area contributed by atoms with Gasteiger partial charge in [0.1, 0.15) is 5.82 Å². The van der Waals surface area contributed by atoms with E-state index in [0.717, 1.165) is 13.1 Å². The third-order valence-electron chi connectivity index (χ3n) is 4.95. The maximum atomic E-state index is 13.8. The minimum Gasteiger partial charge on any atom is -0.398 e. The van der Waals surface area contributed by atoms with Crippen LogP contribution in [0.4, 0.5) is 10.1 Å². The summed E-state index contributed by atoms with van der Waals surface area (Å²) in [6.45, 7) is 7.31. The molecule has 1 aliphatic rings.